The first kappa shape index (κ1) is 18.5. The lowest BCUT2D eigenvalue weighted by molar-refractivity contribution is -0.185. The Kier molecular flexibility index (Phi) is 5.65. The Balaban J connectivity index is 3.19. The second-order valence-electron chi connectivity index (χ2n) is 6.43. The lowest BCUT2D eigenvalue weighted by atomic mass is 9.82. The zero-order valence-corrected chi connectivity index (χ0v) is 13.6. The third kappa shape index (κ3) is 4.49. The van der Waals surface area contributed by atoms with E-state index >= 15 is 0 Å². The van der Waals surface area contributed by atoms with Crippen LogP contribution in [0.5, 0.6) is 0 Å². The summed E-state index contributed by atoms with van der Waals surface area (Å²) < 4.78 is 44.0. The molecule has 0 fully saturated rings. The number of halogens is 3. The quantitative estimate of drug-likeness (QED) is 0.744. The molecule has 0 saturated carbocycles. The van der Waals surface area contributed by atoms with Gasteiger partial charge in [-0.25, -0.2) is 0 Å². The summed E-state index contributed by atoms with van der Waals surface area (Å²) in [6.07, 6.45) is -4.46. The van der Waals surface area contributed by atoms with Crippen LogP contribution in [0.4, 0.5) is 13.2 Å². The second kappa shape index (κ2) is 6.71. The molecular weight excluding hydrogens is 293 g/mol. The summed E-state index contributed by atoms with van der Waals surface area (Å²) in [6, 6.07) is 6.71. The minimum absolute atomic E-state index is 0.0555. The Hall–Kier alpha value is -1.52. The summed E-state index contributed by atoms with van der Waals surface area (Å²) in [5, 5.41) is 0. The third-order valence-corrected chi connectivity index (χ3v) is 3.69. The molecule has 2 atom stereocenters. The van der Waals surface area contributed by atoms with Crippen molar-refractivity contribution in [1.29, 1.82) is 0 Å². The van der Waals surface area contributed by atoms with Gasteiger partial charge < -0.3 is 4.74 Å². The number of carbonyl (C=O) groups is 1. The number of hydrogen-bond acceptors (Lipinski definition) is 2. The molecule has 0 N–H and O–H groups in total. The van der Waals surface area contributed by atoms with Gasteiger partial charge in [0.25, 0.3) is 0 Å². The molecule has 2 nitrogen and oxygen atoms in total. The van der Waals surface area contributed by atoms with Gasteiger partial charge in [0.05, 0.1) is 18.4 Å². The fraction of sp³-hybridized carbons (Fsp3) is 0.588. The van der Waals surface area contributed by atoms with Gasteiger partial charge in [0, 0.05) is 0 Å². The number of hydrogen-bond donors (Lipinski definition) is 0. The molecule has 1 rings (SSSR count). The average molecular weight is 316 g/mol. The fourth-order valence-corrected chi connectivity index (χ4v) is 2.24. The zero-order chi connectivity index (χ0) is 17.1. The maximum Gasteiger partial charge on any atom is 0.392 e. The number of rotatable bonds is 4. The van der Waals surface area contributed by atoms with Crippen LogP contribution in [0.25, 0.3) is 0 Å². The Morgan fingerprint density at radius 1 is 1.14 bits per heavy atom. The molecule has 0 aliphatic carbocycles. The molecule has 0 aliphatic heterocycles. The third-order valence-electron chi connectivity index (χ3n) is 3.69. The van der Waals surface area contributed by atoms with Gasteiger partial charge >= 0.3 is 12.1 Å². The van der Waals surface area contributed by atoms with Gasteiger partial charge in [-0.05, 0) is 23.5 Å². The molecule has 1 unspecified atom stereocenters. The van der Waals surface area contributed by atoms with E-state index in [0.29, 0.717) is 5.56 Å². The van der Waals surface area contributed by atoms with Crippen LogP contribution in [0.15, 0.2) is 24.3 Å². The molecule has 124 valence electrons. The molecule has 0 amide bonds. The molecule has 1 aromatic rings. The first-order valence-electron chi connectivity index (χ1n) is 7.32. The van der Waals surface area contributed by atoms with Crippen LogP contribution >= 0.6 is 0 Å². The van der Waals surface area contributed by atoms with E-state index in [2.05, 4.69) is 0 Å². The second-order valence-corrected chi connectivity index (χ2v) is 6.43. The standard InChI is InChI=1S/C17H23F3O2/c1-6-22-15(21)14(11(2)17(18,19)20)12-7-9-13(10-8-12)16(3,4)5/h7-11,14H,6H2,1-5H3/t11-,14?/m1/s1. The lowest BCUT2D eigenvalue weighted by Gasteiger charge is -2.26. The van der Waals surface area contributed by atoms with Crippen molar-refractivity contribution in [3.63, 3.8) is 0 Å². The van der Waals surface area contributed by atoms with Crippen LogP contribution in [0.2, 0.25) is 0 Å². The Labute approximate surface area is 129 Å². The number of ether oxygens (including phenoxy) is 1. The fourth-order valence-electron chi connectivity index (χ4n) is 2.24. The normalized spacial score (nSPS) is 15.3. The smallest absolute Gasteiger partial charge is 0.392 e. The van der Waals surface area contributed by atoms with E-state index in [9.17, 15) is 18.0 Å². The van der Waals surface area contributed by atoms with Gasteiger partial charge in [-0.3, -0.25) is 4.79 Å². The number of alkyl halides is 3. The van der Waals surface area contributed by atoms with Crippen LogP contribution in [0, 0.1) is 5.92 Å². The summed E-state index contributed by atoms with van der Waals surface area (Å²) in [5.41, 5.74) is 1.22. The first-order chi connectivity index (χ1) is 9.98. The topological polar surface area (TPSA) is 26.3 Å². The first-order valence-corrected chi connectivity index (χ1v) is 7.32. The minimum Gasteiger partial charge on any atom is -0.466 e. The van der Waals surface area contributed by atoms with Crippen molar-refractivity contribution in [1.82, 2.24) is 0 Å². The zero-order valence-electron chi connectivity index (χ0n) is 13.6. The molecule has 0 spiro atoms. The molecule has 0 aliphatic rings. The molecule has 1 aromatic carbocycles. The van der Waals surface area contributed by atoms with Crippen LogP contribution in [0.1, 0.15) is 51.7 Å². The molecular formula is C17H23F3O2. The van der Waals surface area contributed by atoms with Crippen molar-refractivity contribution >= 4 is 5.97 Å². The van der Waals surface area contributed by atoms with Crippen molar-refractivity contribution in [2.75, 3.05) is 6.61 Å². The lowest BCUT2D eigenvalue weighted by Crippen LogP contribution is -2.32. The van der Waals surface area contributed by atoms with Crippen LogP contribution < -0.4 is 0 Å². The average Bonchev–Trinajstić information content (AvgIpc) is 2.37. The van der Waals surface area contributed by atoms with Crippen LogP contribution in [0.3, 0.4) is 0 Å². The summed E-state index contributed by atoms with van der Waals surface area (Å²) in [6.45, 7) is 8.70. The van der Waals surface area contributed by atoms with Gasteiger partial charge in [0.15, 0.2) is 0 Å². The summed E-state index contributed by atoms with van der Waals surface area (Å²) >= 11 is 0. The summed E-state index contributed by atoms with van der Waals surface area (Å²) in [4.78, 5) is 12.0. The molecule has 0 heterocycles. The Bertz CT molecular complexity index is 498. The predicted molar refractivity (Wildman–Crippen MR) is 79.7 cm³/mol. The van der Waals surface area contributed by atoms with Crippen molar-refractivity contribution in [2.24, 2.45) is 5.92 Å². The van der Waals surface area contributed by atoms with E-state index in [0.717, 1.165) is 12.5 Å². The van der Waals surface area contributed by atoms with E-state index in [1.165, 1.54) is 0 Å². The van der Waals surface area contributed by atoms with Crippen molar-refractivity contribution < 1.29 is 22.7 Å². The maximum atomic E-state index is 13.0. The highest BCUT2D eigenvalue weighted by Crippen LogP contribution is 2.38. The van der Waals surface area contributed by atoms with E-state index in [-0.39, 0.29) is 12.0 Å². The van der Waals surface area contributed by atoms with Crippen molar-refractivity contribution in [3.8, 4) is 0 Å². The maximum absolute atomic E-state index is 13.0. The van der Waals surface area contributed by atoms with Crippen LogP contribution in [-0.2, 0) is 14.9 Å². The van der Waals surface area contributed by atoms with Gasteiger partial charge in [-0.2, -0.15) is 13.2 Å². The van der Waals surface area contributed by atoms with Gasteiger partial charge in [-0.15, -0.1) is 0 Å². The van der Waals surface area contributed by atoms with Crippen molar-refractivity contribution in [2.45, 2.75) is 52.1 Å². The highest BCUT2D eigenvalue weighted by Gasteiger charge is 2.45. The molecule has 0 radical (unpaired) electrons. The summed E-state index contributed by atoms with van der Waals surface area (Å²) in [7, 11) is 0. The number of benzene rings is 1. The molecule has 0 saturated heterocycles. The van der Waals surface area contributed by atoms with Gasteiger partial charge in [0.1, 0.15) is 0 Å². The highest BCUT2D eigenvalue weighted by atomic mass is 19.4. The largest absolute Gasteiger partial charge is 0.466 e. The predicted octanol–water partition coefficient (Wildman–Crippen LogP) is 4.83. The minimum atomic E-state index is -4.46. The van der Waals surface area contributed by atoms with Gasteiger partial charge in [0.2, 0.25) is 0 Å². The molecule has 5 heteroatoms. The SMILES string of the molecule is CCOC(=O)C(c1ccc(C(C)(C)C)cc1)[C@@H](C)C(F)(F)F. The monoisotopic (exact) mass is 316 g/mol. The Morgan fingerprint density at radius 3 is 2.00 bits per heavy atom. The Morgan fingerprint density at radius 2 is 1.64 bits per heavy atom. The highest BCUT2D eigenvalue weighted by molar-refractivity contribution is 5.78. The summed E-state index contributed by atoms with van der Waals surface area (Å²) in [5.74, 6) is -3.98. The number of carbonyl (C=O) groups excluding carboxylic acids is 1. The molecule has 0 aromatic heterocycles. The van der Waals surface area contributed by atoms with E-state index in [4.69, 9.17) is 4.74 Å². The van der Waals surface area contributed by atoms with Crippen LogP contribution in [-0.4, -0.2) is 18.8 Å². The van der Waals surface area contributed by atoms with Crippen molar-refractivity contribution in [3.05, 3.63) is 35.4 Å². The van der Waals surface area contributed by atoms with E-state index < -0.39 is 24.0 Å². The molecule has 22 heavy (non-hydrogen) atoms. The molecule has 0 bridgehead atoms. The van der Waals surface area contributed by atoms with E-state index in [1.54, 1.807) is 31.2 Å². The van der Waals surface area contributed by atoms with Gasteiger partial charge in [-0.1, -0.05) is 52.0 Å². The van der Waals surface area contributed by atoms with E-state index in [1.807, 2.05) is 20.8 Å². The number of esters is 1.